The highest BCUT2D eigenvalue weighted by Gasteiger charge is 2.26. The number of nitrogens with zero attached hydrogens (tertiary/aromatic N) is 7. The molecule has 4 aromatic heterocycles. The highest BCUT2D eigenvalue weighted by Crippen LogP contribution is 2.43. The molecule has 288 valence electrons. The van der Waals surface area contributed by atoms with Gasteiger partial charge >= 0.3 is 0 Å². The lowest BCUT2D eigenvalue weighted by Crippen LogP contribution is -2.01. The molecule has 7 aromatic carbocycles. The molecule has 0 aliphatic heterocycles. The van der Waals surface area contributed by atoms with Crippen molar-refractivity contribution in [3.63, 3.8) is 0 Å². The number of benzene rings is 7. The molecule has 0 radical (unpaired) electrons. The number of rotatable bonds is 7. The Labute approximate surface area is 351 Å². The van der Waals surface area contributed by atoms with Crippen LogP contribution in [0.4, 0.5) is 0 Å². The number of hydrogen-bond acceptors (Lipinski definition) is 4. The second kappa shape index (κ2) is 14.3. The fourth-order valence-corrected chi connectivity index (χ4v) is 8.93. The van der Waals surface area contributed by atoms with E-state index in [1.165, 1.54) is 10.8 Å². The first-order chi connectivity index (χ1) is 30.3. The molecular formula is C54H37N7. The molecule has 0 bridgehead atoms. The van der Waals surface area contributed by atoms with E-state index in [0.29, 0.717) is 17.5 Å². The molecule has 0 N–H and O–H groups in total. The summed E-state index contributed by atoms with van der Waals surface area (Å²) in [6.07, 6.45) is 8.84. The Hall–Kier alpha value is -8.16. The fourth-order valence-electron chi connectivity index (χ4n) is 8.93. The van der Waals surface area contributed by atoms with Crippen LogP contribution in [-0.2, 0) is 0 Å². The minimum Gasteiger partial charge on any atom is -0.309 e. The van der Waals surface area contributed by atoms with Gasteiger partial charge in [-0.15, -0.1) is 0 Å². The van der Waals surface area contributed by atoms with Crippen molar-refractivity contribution >= 4 is 49.6 Å². The van der Waals surface area contributed by atoms with Gasteiger partial charge in [0.25, 0.3) is 0 Å². The summed E-state index contributed by atoms with van der Waals surface area (Å²) in [6.45, 7) is 0. The van der Waals surface area contributed by atoms with Gasteiger partial charge in [-0.1, -0.05) is 152 Å². The van der Waals surface area contributed by atoms with E-state index in [-0.39, 0.29) is 0 Å². The molecule has 7 heteroatoms. The summed E-state index contributed by atoms with van der Waals surface area (Å²) in [7, 11) is 0. The molecule has 7 nitrogen and oxygen atoms in total. The molecule has 61 heavy (non-hydrogen) atoms. The predicted molar refractivity (Wildman–Crippen MR) is 249 cm³/mol. The van der Waals surface area contributed by atoms with Crippen LogP contribution in [0.5, 0.6) is 0 Å². The molecule has 0 unspecified atom stereocenters. The smallest absolute Gasteiger partial charge is 0.165 e. The SMILES string of the molecule is C1=CC(n2c(-c3ccccc3)nc3c2c2cc4c5ccccc5n(-c5ccccc5)c4cc2n3-c2cccc(-c3nc(-c4ccccc4)nc(-c4ccccc4)n3)c2)=CCC1. The van der Waals surface area contributed by atoms with Gasteiger partial charge in [0.15, 0.2) is 23.1 Å². The lowest BCUT2D eigenvalue weighted by atomic mass is 10.1. The molecule has 0 atom stereocenters. The van der Waals surface area contributed by atoms with E-state index in [9.17, 15) is 0 Å². The Bertz CT molecular complexity index is 3450. The van der Waals surface area contributed by atoms with Gasteiger partial charge in [-0.05, 0) is 61.4 Å². The van der Waals surface area contributed by atoms with E-state index in [0.717, 1.165) is 91.1 Å². The van der Waals surface area contributed by atoms with Crippen molar-refractivity contribution in [2.24, 2.45) is 0 Å². The zero-order valence-corrected chi connectivity index (χ0v) is 33.1. The Morgan fingerprint density at radius 3 is 1.62 bits per heavy atom. The van der Waals surface area contributed by atoms with Gasteiger partial charge in [0.05, 0.1) is 16.6 Å². The van der Waals surface area contributed by atoms with Gasteiger partial charge in [-0.2, -0.15) is 0 Å². The van der Waals surface area contributed by atoms with Crippen molar-refractivity contribution in [2.45, 2.75) is 12.8 Å². The predicted octanol–water partition coefficient (Wildman–Crippen LogP) is 13.1. The molecule has 0 amide bonds. The molecular weight excluding hydrogens is 747 g/mol. The lowest BCUT2D eigenvalue weighted by Gasteiger charge is -2.14. The van der Waals surface area contributed by atoms with Crippen molar-refractivity contribution in [1.82, 2.24) is 33.6 Å². The standard InChI is InChI=1S/C54H37N7/c1-6-19-36(20-7-1)50-55-51(37-21-8-2-9-22-37)57-52(56-50)39-25-18-30-42(33-39)60-48-35-47-44(43-31-16-17-32-46(43)59(47)40-26-12-4-13-27-40)34-45(48)49-54(60)58-53(38-23-10-3-11-24-38)61(49)41-28-14-5-15-29-41/h1-4,6-14,16-35H,5,15H2. The largest absolute Gasteiger partial charge is 0.309 e. The quantitative estimate of drug-likeness (QED) is 0.161. The number of allylic oxidation sites excluding steroid dienone is 4. The van der Waals surface area contributed by atoms with Crippen molar-refractivity contribution in [1.29, 1.82) is 0 Å². The van der Waals surface area contributed by atoms with Crippen molar-refractivity contribution in [3.8, 4) is 56.9 Å². The van der Waals surface area contributed by atoms with Crippen LogP contribution in [0.25, 0.3) is 106 Å². The average Bonchev–Trinajstić information content (AvgIpc) is 3.99. The first kappa shape index (κ1) is 34.8. The third-order valence-corrected chi connectivity index (χ3v) is 11.7. The average molecular weight is 784 g/mol. The van der Waals surface area contributed by atoms with Crippen molar-refractivity contribution < 1.29 is 0 Å². The third kappa shape index (κ3) is 5.81. The number of hydrogen-bond donors (Lipinski definition) is 0. The monoisotopic (exact) mass is 783 g/mol. The van der Waals surface area contributed by atoms with Gasteiger partial charge in [-0.3, -0.25) is 9.13 Å². The molecule has 0 spiro atoms. The molecule has 1 aliphatic rings. The van der Waals surface area contributed by atoms with Gasteiger partial charge in [0, 0.05) is 55.5 Å². The Morgan fingerprint density at radius 1 is 0.377 bits per heavy atom. The Kier molecular flexibility index (Phi) is 8.16. The summed E-state index contributed by atoms with van der Waals surface area (Å²) < 4.78 is 7.08. The van der Waals surface area contributed by atoms with Gasteiger partial charge in [0.1, 0.15) is 11.3 Å². The molecule has 12 rings (SSSR count). The first-order valence-electron chi connectivity index (χ1n) is 20.7. The second-order valence-corrected chi connectivity index (χ2v) is 15.4. The number of aromatic nitrogens is 7. The summed E-state index contributed by atoms with van der Waals surface area (Å²) in [5, 5.41) is 3.51. The molecule has 4 heterocycles. The summed E-state index contributed by atoms with van der Waals surface area (Å²) >= 11 is 0. The molecule has 0 saturated carbocycles. The van der Waals surface area contributed by atoms with Crippen LogP contribution in [0.2, 0.25) is 0 Å². The third-order valence-electron chi connectivity index (χ3n) is 11.7. The van der Waals surface area contributed by atoms with E-state index in [2.05, 4.69) is 153 Å². The highest BCUT2D eigenvalue weighted by atomic mass is 15.2. The van der Waals surface area contributed by atoms with E-state index in [1.807, 2.05) is 60.7 Å². The zero-order chi connectivity index (χ0) is 40.3. The summed E-state index contributed by atoms with van der Waals surface area (Å²) in [6, 6.07) is 63.4. The van der Waals surface area contributed by atoms with Crippen LogP contribution in [0.1, 0.15) is 12.8 Å². The molecule has 0 fully saturated rings. The summed E-state index contributed by atoms with van der Waals surface area (Å²) in [5.74, 6) is 2.75. The fraction of sp³-hybridized carbons (Fsp3) is 0.0370. The maximum absolute atomic E-state index is 5.60. The van der Waals surface area contributed by atoms with Crippen LogP contribution in [0.3, 0.4) is 0 Å². The van der Waals surface area contributed by atoms with E-state index in [1.54, 1.807) is 0 Å². The Morgan fingerprint density at radius 2 is 0.951 bits per heavy atom. The van der Waals surface area contributed by atoms with Crippen LogP contribution in [0, 0.1) is 0 Å². The number of imidazole rings is 1. The van der Waals surface area contributed by atoms with E-state index < -0.39 is 0 Å². The molecule has 1 aliphatic carbocycles. The van der Waals surface area contributed by atoms with Crippen molar-refractivity contribution in [3.05, 3.63) is 200 Å². The van der Waals surface area contributed by atoms with E-state index >= 15 is 0 Å². The van der Waals surface area contributed by atoms with Crippen molar-refractivity contribution in [2.75, 3.05) is 0 Å². The maximum Gasteiger partial charge on any atom is 0.165 e. The molecule has 11 aromatic rings. The lowest BCUT2D eigenvalue weighted by molar-refractivity contribution is 1.01. The normalized spacial score (nSPS) is 12.8. The summed E-state index contributed by atoms with van der Waals surface area (Å²) in [5.41, 5.74) is 12.3. The zero-order valence-electron chi connectivity index (χ0n) is 33.1. The minimum atomic E-state index is 0.599. The highest BCUT2D eigenvalue weighted by molar-refractivity contribution is 6.19. The minimum absolute atomic E-state index is 0.599. The Balaban J connectivity index is 1.17. The van der Waals surface area contributed by atoms with E-state index in [4.69, 9.17) is 19.9 Å². The topological polar surface area (TPSA) is 66.3 Å². The van der Waals surface area contributed by atoms with Crippen LogP contribution in [-0.4, -0.2) is 33.6 Å². The van der Waals surface area contributed by atoms with Crippen LogP contribution < -0.4 is 0 Å². The maximum atomic E-state index is 5.60. The van der Waals surface area contributed by atoms with Crippen LogP contribution >= 0.6 is 0 Å². The molecule has 0 saturated heterocycles. The second-order valence-electron chi connectivity index (χ2n) is 15.4. The summed E-state index contributed by atoms with van der Waals surface area (Å²) in [4.78, 5) is 20.8. The van der Waals surface area contributed by atoms with Gasteiger partial charge in [-0.25, -0.2) is 19.9 Å². The van der Waals surface area contributed by atoms with Crippen LogP contribution in [0.15, 0.2) is 200 Å². The number of fused-ring (bicyclic) bond motifs is 6. The van der Waals surface area contributed by atoms with Gasteiger partial charge in [0.2, 0.25) is 0 Å². The van der Waals surface area contributed by atoms with Gasteiger partial charge < -0.3 is 4.57 Å². The number of para-hydroxylation sites is 2. The first-order valence-corrected chi connectivity index (χ1v) is 20.7.